The van der Waals surface area contributed by atoms with E-state index in [1.54, 1.807) is 12.4 Å². The number of hydrogen-bond acceptors (Lipinski definition) is 3. The summed E-state index contributed by atoms with van der Waals surface area (Å²) in [6.07, 6.45) is 5.20. The van der Waals surface area contributed by atoms with E-state index in [1.165, 1.54) is 0 Å². The van der Waals surface area contributed by atoms with Gasteiger partial charge < -0.3 is 11.5 Å². The first-order chi connectivity index (χ1) is 6.73. The van der Waals surface area contributed by atoms with Crippen LogP contribution in [0.25, 0.3) is 0 Å². The largest absolute Gasteiger partial charge is 0.321 e. The van der Waals surface area contributed by atoms with Crippen LogP contribution < -0.4 is 11.5 Å². The Hall–Kier alpha value is -1.45. The van der Waals surface area contributed by atoms with E-state index < -0.39 is 5.54 Å². The summed E-state index contributed by atoms with van der Waals surface area (Å²) in [6, 6.07) is 9.55. The van der Waals surface area contributed by atoms with Crippen molar-refractivity contribution in [1.82, 2.24) is 0 Å². The SMILES string of the molecule is NC1C=NC=CC1(N)c1ccccc1. The summed E-state index contributed by atoms with van der Waals surface area (Å²) in [5.74, 6) is 0. The fraction of sp³-hybridized carbons (Fsp3) is 0.182. The number of hydrogen-bond donors (Lipinski definition) is 2. The summed E-state index contributed by atoms with van der Waals surface area (Å²) in [5, 5.41) is 0. The zero-order valence-corrected chi connectivity index (χ0v) is 7.80. The van der Waals surface area contributed by atoms with Gasteiger partial charge in [0.2, 0.25) is 0 Å². The van der Waals surface area contributed by atoms with Gasteiger partial charge in [0.25, 0.3) is 0 Å². The van der Waals surface area contributed by atoms with E-state index >= 15 is 0 Å². The first kappa shape index (κ1) is 9.12. The van der Waals surface area contributed by atoms with E-state index in [-0.39, 0.29) is 6.04 Å². The van der Waals surface area contributed by atoms with Crippen LogP contribution in [-0.2, 0) is 5.54 Å². The molecule has 0 aromatic heterocycles. The fourth-order valence-corrected chi connectivity index (χ4v) is 1.56. The highest BCUT2D eigenvalue weighted by molar-refractivity contribution is 5.70. The Morgan fingerprint density at radius 1 is 1.21 bits per heavy atom. The molecule has 2 atom stereocenters. The van der Waals surface area contributed by atoms with Crippen LogP contribution in [0.15, 0.2) is 47.6 Å². The van der Waals surface area contributed by atoms with Gasteiger partial charge in [0.05, 0.1) is 11.6 Å². The predicted molar refractivity (Wildman–Crippen MR) is 57.9 cm³/mol. The van der Waals surface area contributed by atoms with Gasteiger partial charge in [-0.15, -0.1) is 0 Å². The van der Waals surface area contributed by atoms with Crippen LogP contribution in [0.4, 0.5) is 0 Å². The molecule has 0 amide bonds. The number of rotatable bonds is 1. The lowest BCUT2D eigenvalue weighted by Crippen LogP contribution is -2.53. The van der Waals surface area contributed by atoms with Crippen molar-refractivity contribution >= 4 is 6.21 Å². The summed E-state index contributed by atoms with van der Waals surface area (Å²) >= 11 is 0. The van der Waals surface area contributed by atoms with Crippen molar-refractivity contribution in [3.63, 3.8) is 0 Å². The van der Waals surface area contributed by atoms with Crippen molar-refractivity contribution in [3.8, 4) is 0 Å². The minimum absolute atomic E-state index is 0.269. The second kappa shape index (κ2) is 3.36. The lowest BCUT2D eigenvalue weighted by Gasteiger charge is -2.32. The van der Waals surface area contributed by atoms with Gasteiger partial charge in [-0.1, -0.05) is 30.3 Å². The number of aliphatic imine (C=N–C) groups is 1. The van der Waals surface area contributed by atoms with Gasteiger partial charge in [-0.2, -0.15) is 0 Å². The molecule has 1 aliphatic heterocycles. The molecule has 0 bridgehead atoms. The van der Waals surface area contributed by atoms with E-state index in [9.17, 15) is 0 Å². The Balaban J connectivity index is 2.42. The Morgan fingerprint density at radius 2 is 1.93 bits per heavy atom. The van der Waals surface area contributed by atoms with Crippen LogP contribution >= 0.6 is 0 Å². The van der Waals surface area contributed by atoms with E-state index in [0.717, 1.165) is 5.56 Å². The highest BCUT2D eigenvalue weighted by Crippen LogP contribution is 2.24. The third-order valence-corrected chi connectivity index (χ3v) is 2.51. The zero-order chi connectivity index (χ0) is 10.0. The molecule has 4 N–H and O–H groups in total. The van der Waals surface area contributed by atoms with E-state index in [4.69, 9.17) is 11.5 Å². The molecule has 2 rings (SSSR count). The first-order valence-corrected chi connectivity index (χ1v) is 4.54. The molecule has 72 valence electrons. The molecule has 0 spiro atoms. The smallest absolute Gasteiger partial charge is 0.0818 e. The lowest BCUT2D eigenvalue weighted by atomic mass is 9.83. The molecule has 1 heterocycles. The Kier molecular flexibility index (Phi) is 2.19. The molecule has 14 heavy (non-hydrogen) atoms. The highest BCUT2D eigenvalue weighted by atomic mass is 14.9. The fourth-order valence-electron chi connectivity index (χ4n) is 1.56. The molecule has 0 saturated carbocycles. The van der Waals surface area contributed by atoms with Crippen LogP contribution in [0.5, 0.6) is 0 Å². The van der Waals surface area contributed by atoms with Gasteiger partial charge in [0.1, 0.15) is 0 Å². The van der Waals surface area contributed by atoms with Crippen molar-refractivity contribution in [2.24, 2.45) is 16.5 Å². The van der Waals surface area contributed by atoms with Crippen LogP contribution in [0, 0.1) is 0 Å². The minimum atomic E-state index is -0.622. The second-order valence-electron chi connectivity index (χ2n) is 3.44. The highest BCUT2D eigenvalue weighted by Gasteiger charge is 2.31. The first-order valence-electron chi connectivity index (χ1n) is 4.54. The van der Waals surface area contributed by atoms with E-state index in [1.807, 2.05) is 36.4 Å². The van der Waals surface area contributed by atoms with E-state index in [0.29, 0.717) is 0 Å². The van der Waals surface area contributed by atoms with Crippen molar-refractivity contribution in [2.75, 3.05) is 0 Å². The summed E-state index contributed by atoms with van der Waals surface area (Å²) in [7, 11) is 0. The summed E-state index contributed by atoms with van der Waals surface area (Å²) in [6.45, 7) is 0. The van der Waals surface area contributed by atoms with Crippen molar-refractivity contribution in [1.29, 1.82) is 0 Å². The number of nitrogens with zero attached hydrogens (tertiary/aromatic N) is 1. The van der Waals surface area contributed by atoms with Gasteiger partial charge in [0, 0.05) is 12.4 Å². The zero-order valence-electron chi connectivity index (χ0n) is 7.80. The summed E-state index contributed by atoms with van der Waals surface area (Å²) < 4.78 is 0. The molecule has 0 radical (unpaired) electrons. The lowest BCUT2D eigenvalue weighted by molar-refractivity contribution is 0.517. The molecule has 0 fully saturated rings. The topological polar surface area (TPSA) is 64.4 Å². The summed E-state index contributed by atoms with van der Waals surface area (Å²) in [5.41, 5.74) is 12.5. The molecular formula is C11H13N3. The number of nitrogens with two attached hydrogens (primary N) is 2. The molecule has 1 aromatic rings. The van der Waals surface area contributed by atoms with Crippen LogP contribution in [0.3, 0.4) is 0 Å². The second-order valence-corrected chi connectivity index (χ2v) is 3.44. The van der Waals surface area contributed by atoms with Crippen molar-refractivity contribution in [2.45, 2.75) is 11.6 Å². The predicted octanol–water partition coefficient (Wildman–Crippen LogP) is 0.766. The molecule has 3 nitrogen and oxygen atoms in total. The molecule has 0 saturated heterocycles. The maximum Gasteiger partial charge on any atom is 0.0818 e. The van der Waals surface area contributed by atoms with Crippen LogP contribution in [-0.4, -0.2) is 12.3 Å². The van der Waals surface area contributed by atoms with Gasteiger partial charge in [0.15, 0.2) is 0 Å². The van der Waals surface area contributed by atoms with Gasteiger partial charge in [-0.25, -0.2) is 0 Å². The van der Waals surface area contributed by atoms with Crippen LogP contribution in [0.1, 0.15) is 5.56 Å². The average Bonchev–Trinajstić information content (AvgIpc) is 2.24. The quantitative estimate of drug-likeness (QED) is 0.682. The van der Waals surface area contributed by atoms with Crippen LogP contribution in [0.2, 0.25) is 0 Å². The third kappa shape index (κ3) is 1.36. The molecule has 3 heteroatoms. The monoisotopic (exact) mass is 187 g/mol. The maximum absolute atomic E-state index is 6.22. The maximum atomic E-state index is 6.22. The molecule has 2 unspecified atom stereocenters. The molecule has 0 aliphatic carbocycles. The van der Waals surface area contributed by atoms with Gasteiger partial charge in [-0.05, 0) is 11.6 Å². The average molecular weight is 187 g/mol. The van der Waals surface area contributed by atoms with Crippen molar-refractivity contribution in [3.05, 3.63) is 48.2 Å². The summed E-state index contributed by atoms with van der Waals surface area (Å²) in [4.78, 5) is 3.97. The molecule has 1 aromatic carbocycles. The standard InChI is InChI=1S/C11H13N3/c12-10-8-14-7-6-11(10,13)9-4-2-1-3-5-9/h1-8,10H,12-13H2. The van der Waals surface area contributed by atoms with E-state index in [2.05, 4.69) is 4.99 Å². The van der Waals surface area contributed by atoms with Gasteiger partial charge >= 0.3 is 0 Å². The minimum Gasteiger partial charge on any atom is -0.321 e. The molecular weight excluding hydrogens is 174 g/mol. The Bertz CT molecular complexity index is 369. The molecule has 1 aliphatic rings. The number of benzene rings is 1. The Labute approximate surface area is 83.1 Å². The Morgan fingerprint density at radius 3 is 2.57 bits per heavy atom. The van der Waals surface area contributed by atoms with Crippen molar-refractivity contribution < 1.29 is 0 Å². The van der Waals surface area contributed by atoms with Gasteiger partial charge in [-0.3, -0.25) is 4.99 Å². The third-order valence-electron chi connectivity index (χ3n) is 2.51. The normalized spacial score (nSPS) is 30.6.